The molecule has 4 N–H and O–H groups in total. The zero-order chi connectivity index (χ0) is 27.2. The number of carbonyl (C=O) groups is 2. The van der Waals surface area contributed by atoms with Gasteiger partial charge in [-0.2, -0.15) is 18.3 Å². The van der Waals surface area contributed by atoms with Crippen LogP contribution in [0.15, 0.2) is 42.6 Å². The second-order valence-corrected chi connectivity index (χ2v) is 8.83. The van der Waals surface area contributed by atoms with Gasteiger partial charge in [0.25, 0.3) is 5.91 Å². The van der Waals surface area contributed by atoms with E-state index in [0.29, 0.717) is 5.56 Å². The van der Waals surface area contributed by atoms with Crippen LogP contribution in [0.5, 0.6) is 5.75 Å². The summed E-state index contributed by atoms with van der Waals surface area (Å²) in [7, 11) is 0. The van der Waals surface area contributed by atoms with Crippen molar-refractivity contribution in [3.05, 3.63) is 70.9 Å². The molecule has 2 atom stereocenters. The molecule has 0 radical (unpaired) electrons. The molecule has 1 aromatic carbocycles. The molecule has 1 aliphatic heterocycles. The number of aliphatic hydroxyl groups is 1. The third-order valence-electron chi connectivity index (χ3n) is 6.27. The number of primary amides is 1. The molecule has 0 spiro atoms. The van der Waals surface area contributed by atoms with Gasteiger partial charge in [0.15, 0.2) is 5.69 Å². The number of nitrogens with two attached hydrogens (primary N) is 1. The summed E-state index contributed by atoms with van der Waals surface area (Å²) in [5, 5.41) is 20.2. The topological polar surface area (TPSA) is 140 Å². The van der Waals surface area contributed by atoms with Crippen molar-refractivity contribution in [2.75, 3.05) is 13.2 Å². The van der Waals surface area contributed by atoms with Crippen molar-refractivity contribution in [2.45, 2.75) is 31.0 Å². The Morgan fingerprint density at radius 1 is 1.22 bits per heavy atom. The zero-order valence-electron chi connectivity index (χ0n) is 19.6. The zero-order valence-corrected chi connectivity index (χ0v) is 19.6. The van der Waals surface area contributed by atoms with Crippen LogP contribution in [-0.2, 0) is 15.8 Å². The molecule has 1 aliphatic rings. The molecule has 0 saturated carbocycles. The first-order chi connectivity index (χ1) is 17.3. The number of aryl methyl sites for hydroxylation is 1. The van der Waals surface area contributed by atoms with Crippen molar-refractivity contribution < 1.29 is 37.0 Å². The van der Waals surface area contributed by atoms with E-state index in [1.165, 1.54) is 38.2 Å². The molecule has 194 valence electrons. The summed E-state index contributed by atoms with van der Waals surface area (Å²) < 4.78 is 62.2. The SMILES string of the molecule is Cc1ccnnc1C(=O)NCC(O)(c1cc2c(c(-c3ccc(F)cc3)n1)OC[C@]2(C)C(N)=O)C(F)(F)F. The minimum absolute atomic E-state index is 0.0274. The number of pyridine rings is 1. The van der Waals surface area contributed by atoms with Gasteiger partial charge in [-0.15, -0.1) is 5.10 Å². The van der Waals surface area contributed by atoms with E-state index in [9.17, 15) is 32.3 Å². The maximum atomic E-state index is 14.4. The Morgan fingerprint density at radius 2 is 1.89 bits per heavy atom. The number of alkyl halides is 3. The third-order valence-corrected chi connectivity index (χ3v) is 6.27. The molecule has 0 saturated heterocycles. The van der Waals surface area contributed by atoms with Crippen molar-refractivity contribution in [3.63, 3.8) is 0 Å². The molecule has 3 aromatic rings. The predicted octanol–water partition coefficient (Wildman–Crippen LogP) is 2.30. The number of aromatic nitrogens is 3. The third kappa shape index (κ3) is 4.46. The molecule has 2 amide bonds. The van der Waals surface area contributed by atoms with Crippen LogP contribution in [0.1, 0.15) is 34.2 Å². The maximum Gasteiger partial charge on any atom is 0.424 e. The van der Waals surface area contributed by atoms with Crippen LogP contribution >= 0.6 is 0 Å². The number of amides is 2. The Balaban J connectivity index is 1.86. The molecule has 9 nitrogen and oxygen atoms in total. The summed E-state index contributed by atoms with van der Waals surface area (Å²) in [5.74, 6) is -2.51. The van der Waals surface area contributed by atoms with E-state index < -0.39 is 47.1 Å². The number of nitrogens with one attached hydrogen (secondary N) is 1. The van der Waals surface area contributed by atoms with E-state index in [0.717, 1.165) is 18.2 Å². The molecule has 37 heavy (non-hydrogen) atoms. The number of ether oxygens (including phenoxy) is 1. The molecular formula is C24H21F4N5O4. The molecule has 4 rings (SSSR count). The van der Waals surface area contributed by atoms with Gasteiger partial charge < -0.3 is 20.9 Å². The van der Waals surface area contributed by atoms with Crippen LogP contribution in [0, 0.1) is 12.7 Å². The lowest BCUT2D eigenvalue weighted by atomic mass is 9.81. The highest BCUT2D eigenvalue weighted by Crippen LogP contribution is 2.47. The average Bonchev–Trinajstić information content (AvgIpc) is 3.20. The standard InChI is InChI=1S/C24H21F4N5O4/c1-12-7-8-31-33-17(12)20(34)30-10-23(36,24(26,27)28)16-9-15-19(37-11-22(15,2)21(29)35)18(32-16)13-3-5-14(25)6-4-13/h3-9,36H,10-11H2,1-2H3,(H2,29,35)(H,30,34)/t22-,23?/m0/s1. The lowest BCUT2D eigenvalue weighted by molar-refractivity contribution is -0.265. The van der Waals surface area contributed by atoms with E-state index >= 15 is 0 Å². The van der Waals surface area contributed by atoms with E-state index in [-0.39, 0.29) is 34.9 Å². The molecular weight excluding hydrogens is 498 g/mol. The van der Waals surface area contributed by atoms with Crippen LogP contribution in [0.25, 0.3) is 11.3 Å². The van der Waals surface area contributed by atoms with Crippen LogP contribution in [-0.4, -0.2) is 51.4 Å². The molecule has 0 fully saturated rings. The summed E-state index contributed by atoms with van der Waals surface area (Å²) in [6.45, 7) is 1.27. The lowest BCUT2D eigenvalue weighted by Gasteiger charge is -2.31. The number of hydrogen-bond acceptors (Lipinski definition) is 7. The number of hydrogen-bond donors (Lipinski definition) is 3. The van der Waals surface area contributed by atoms with E-state index in [4.69, 9.17) is 10.5 Å². The number of carbonyl (C=O) groups excluding carboxylic acids is 2. The summed E-state index contributed by atoms with van der Waals surface area (Å²) >= 11 is 0. The Bertz CT molecular complexity index is 1380. The van der Waals surface area contributed by atoms with Gasteiger partial charge in [0.1, 0.15) is 29.3 Å². The highest BCUT2D eigenvalue weighted by Gasteiger charge is 2.57. The highest BCUT2D eigenvalue weighted by molar-refractivity contribution is 5.93. The maximum absolute atomic E-state index is 14.4. The van der Waals surface area contributed by atoms with E-state index in [1.54, 1.807) is 0 Å². The van der Waals surface area contributed by atoms with Crippen molar-refractivity contribution in [3.8, 4) is 17.0 Å². The van der Waals surface area contributed by atoms with Crippen molar-refractivity contribution in [2.24, 2.45) is 5.73 Å². The first-order valence-electron chi connectivity index (χ1n) is 10.9. The fourth-order valence-corrected chi connectivity index (χ4v) is 3.85. The van der Waals surface area contributed by atoms with Gasteiger partial charge in [-0.1, -0.05) is 0 Å². The number of fused-ring (bicyclic) bond motifs is 1. The molecule has 2 aromatic heterocycles. The van der Waals surface area contributed by atoms with Gasteiger partial charge in [-0.3, -0.25) is 9.59 Å². The normalized spacial score (nSPS) is 18.5. The quantitative estimate of drug-likeness (QED) is 0.425. The average molecular weight is 519 g/mol. The van der Waals surface area contributed by atoms with Crippen molar-refractivity contribution in [1.82, 2.24) is 20.5 Å². The second kappa shape index (κ2) is 9.07. The van der Waals surface area contributed by atoms with Gasteiger partial charge in [0.05, 0.1) is 12.2 Å². The first kappa shape index (κ1) is 25.9. The summed E-state index contributed by atoms with van der Waals surface area (Å²) in [4.78, 5) is 28.8. The van der Waals surface area contributed by atoms with E-state index in [1.807, 2.05) is 5.32 Å². The Morgan fingerprint density at radius 3 is 2.49 bits per heavy atom. The van der Waals surface area contributed by atoms with Gasteiger partial charge in [-0.05, 0) is 55.8 Å². The number of rotatable bonds is 6. The summed E-state index contributed by atoms with van der Waals surface area (Å²) in [6, 6.07) is 6.98. The number of benzene rings is 1. The Hall–Kier alpha value is -4.13. The monoisotopic (exact) mass is 519 g/mol. The van der Waals surface area contributed by atoms with Crippen molar-refractivity contribution >= 4 is 11.8 Å². The predicted molar refractivity (Wildman–Crippen MR) is 121 cm³/mol. The van der Waals surface area contributed by atoms with Gasteiger partial charge in [0.2, 0.25) is 11.5 Å². The second-order valence-electron chi connectivity index (χ2n) is 8.83. The molecule has 1 unspecified atom stereocenters. The Labute approximate surface area is 207 Å². The summed E-state index contributed by atoms with van der Waals surface area (Å²) in [5.41, 5.74) is -0.560. The van der Waals surface area contributed by atoms with Crippen LogP contribution in [0.3, 0.4) is 0 Å². The minimum atomic E-state index is -5.33. The fourth-order valence-electron chi connectivity index (χ4n) is 3.85. The molecule has 0 bridgehead atoms. The minimum Gasteiger partial charge on any atom is -0.489 e. The van der Waals surface area contributed by atoms with E-state index in [2.05, 4.69) is 15.2 Å². The smallest absolute Gasteiger partial charge is 0.424 e. The van der Waals surface area contributed by atoms with Crippen LogP contribution in [0.4, 0.5) is 17.6 Å². The summed E-state index contributed by atoms with van der Waals surface area (Å²) in [6.07, 6.45) is -4.02. The van der Waals surface area contributed by atoms with Crippen LogP contribution in [0.2, 0.25) is 0 Å². The molecule has 0 aliphatic carbocycles. The Kier molecular flexibility index (Phi) is 6.36. The first-order valence-corrected chi connectivity index (χ1v) is 10.9. The van der Waals surface area contributed by atoms with Gasteiger partial charge in [0, 0.05) is 17.3 Å². The van der Waals surface area contributed by atoms with Gasteiger partial charge in [-0.25, -0.2) is 9.37 Å². The highest BCUT2D eigenvalue weighted by atomic mass is 19.4. The molecule has 13 heteroatoms. The number of nitrogens with zero attached hydrogens (tertiary/aromatic N) is 3. The largest absolute Gasteiger partial charge is 0.489 e. The fraction of sp³-hybridized carbons (Fsp3) is 0.292. The number of halogens is 4. The van der Waals surface area contributed by atoms with Gasteiger partial charge >= 0.3 is 6.18 Å². The lowest BCUT2D eigenvalue weighted by Crippen LogP contribution is -2.52. The van der Waals surface area contributed by atoms with Crippen LogP contribution < -0.4 is 15.8 Å². The molecule has 3 heterocycles. The van der Waals surface area contributed by atoms with Crippen molar-refractivity contribution in [1.29, 1.82) is 0 Å².